The summed E-state index contributed by atoms with van der Waals surface area (Å²) in [7, 11) is 0. The van der Waals surface area contributed by atoms with Crippen molar-refractivity contribution >= 4 is 0 Å². The summed E-state index contributed by atoms with van der Waals surface area (Å²) in [5.41, 5.74) is 0. The van der Waals surface area contributed by atoms with E-state index >= 15 is 0 Å². The third kappa shape index (κ3) is 4.56. The van der Waals surface area contributed by atoms with Crippen LogP contribution in [0.5, 0.6) is 0 Å². The van der Waals surface area contributed by atoms with Gasteiger partial charge in [-0.1, -0.05) is 0 Å². The van der Waals surface area contributed by atoms with E-state index < -0.39 is 0 Å². The Morgan fingerprint density at radius 1 is 1.42 bits per heavy atom. The molecule has 4 heteroatoms. The minimum absolute atomic E-state index is 0. The largest absolute Gasteiger partial charge is 1.00 e. The van der Waals surface area contributed by atoms with Crippen LogP contribution < -0.4 is 24.8 Å². The number of allylic oxidation sites excluding steroid dienone is 3. The molecule has 0 unspecified atom stereocenters. The normalized spacial score (nSPS) is 14.4. The second-order valence-electron chi connectivity index (χ2n) is 2.62. The molecule has 1 aliphatic carbocycles. The van der Waals surface area contributed by atoms with Gasteiger partial charge in [-0.25, -0.2) is 0 Å². The molecule has 0 saturated carbocycles. The fraction of sp³-hybridized carbons (Fsp3) is 0.500. The molecule has 0 amide bonds. The first-order valence-corrected chi connectivity index (χ1v) is 4.26. The maximum atomic E-state index is 5.52. The van der Waals surface area contributed by atoms with Crippen LogP contribution in [-0.2, 0) is 25.2 Å². The third-order valence-corrected chi connectivity index (χ3v) is 1.95. The quantitative estimate of drug-likeness (QED) is 0.450. The Morgan fingerprint density at radius 3 is 2.33 bits per heavy atom. The van der Waals surface area contributed by atoms with E-state index in [4.69, 9.17) is 4.74 Å². The monoisotopic (exact) mass is 241 g/mol. The summed E-state index contributed by atoms with van der Waals surface area (Å²) in [5, 5.41) is 0. The van der Waals surface area contributed by atoms with Crippen molar-refractivity contribution in [3.05, 3.63) is 21.8 Å². The van der Waals surface area contributed by atoms with Crippen molar-refractivity contribution in [1.29, 1.82) is 0 Å². The molecule has 0 N–H and O–H groups in total. The van der Waals surface area contributed by atoms with Gasteiger partial charge in [0.25, 0.3) is 0 Å². The molecule has 1 rings (SSSR count). The van der Waals surface area contributed by atoms with Gasteiger partial charge in [0, 0.05) is 0 Å². The molecule has 0 radical (unpaired) electrons. The Morgan fingerprint density at radius 2 is 2.00 bits per heavy atom. The molecular weight excluding hydrogens is 231 g/mol. The van der Waals surface area contributed by atoms with Gasteiger partial charge in [-0.05, 0) is 0 Å². The summed E-state index contributed by atoms with van der Waals surface area (Å²) in [6, 6.07) is 0. The summed E-state index contributed by atoms with van der Waals surface area (Å²) < 4.78 is 6.86. The minimum Gasteiger partial charge on any atom is -1.00 e. The van der Waals surface area contributed by atoms with Crippen molar-refractivity contribution in [3.8, 4) is 0 Å². The van der Waals surface area contributed by atoms with Gasteiger partial charge in [0.1, 0.15) is 0 Å². The van der Waals surface area contributed by atoms with E-state index in [0.29, 0.717) is 6.10 Å². The molecule has 0 bridgehead atoms. The topological polar surface area (TPSA) is 9.23 Å². The first-order valence-electron chi connectivity index (χ1n) is 3.48. The molecule has 1 aliphatic rings. The van der Waals surface area contributed by atoms with E-state index in [1.54, 1.807) is 0 Å². The Hall–Kier alpha value is 0.574. The van der Waals surface area contributed by atoms with Crippen molar-refractivity contribution in [1.82, 2.24) is 0 Å². The molecule has 0 fully saturated rings. The van der Waals surface area contributed by atoms with Crippen LogP contribution in [0.3, 0.4) is 0 Å². The Kier molecular flexibility index (Phi) is 8.82. The number of ether oxygens (including phenoxy) is 1. The summed E-state index contributed by atoms with van der Waals surface area (Å²) >= 11 is 2.11. The third-order valence-electron chi connectivity index (χ3n) is 1.25. The summed E-state index contributed by atoms with van der Waals surface area (Å²) in [6.07, 6.45) is 5.54. The van der Waals surface area contributed by atoms with Crippen LogP contribution in [-0.4, -0.2) is 6.10 Å². The van der Waals surface area contributed by atoms with Crippen LogP contribution in [0.2, 0.25) is 0 Å². The van der Waals surface area contributed by atoms with Crippen LogP contribution in [0.25, 0.3) is 0 Å². The van der Waals surface area contributed by atoms with Gasteiger partial charge in [-0.15, -0.1) is 0 Å². The fourth-order valence-electron chi connectivity index (χ4n) is 0.849. The SMILES string of the molecule is CC(C)OC1=[C]([Ti+2])CC=C1.[Cl-].[Cl-]. The fourth-order valence-corrected chi connectivity index (χ4v) is 1.26. The zero-order valence-corrected chi connectivity index (χ0v) is 10.2. The van der Waals surface area contributed by atoms with Crippen LogP contribution >= 0.6 is 0 Å². The Bertz CT molecular complexity index is 187. The molecule has 0 aromatic carbocycles. The number of hydrogen-bond donors (Lipinski definition) is 0. The average molecular weight is 242 g/mol. The van der Waals surface area contributed by atoms with Crippen LogP contribution in [0.4, 0.5) is 0 Å². The van der Waals surface area contributed by atoms with E-state index in [1.165, 1.54) is 3.88 Å². The Labute approximate surface area is 97.9 Å². The van der Waals surface area contributed by atoms with Gasteiger partial charge >= 0.3 is 73.3 Å². The molecule has 0 aliphatic heterocycles. The second-order valence-corrected chi connectivity index (χ2v) is 3.56. The summed E-state index contributed by atoms with van der Waals surface area (Å²) in [6.45, 7) is 4.10. The number of rotatable bonds is 2. The van der Waals surface area contributed by atoms with E-state index in [0.717, 1.165) is 12.2 Å². The molecule has 0 saturated heterocycles. The zero-order valence-electron chi connectivity index (χ0n) is 7.10. The first kappa shape index (κ1) is 15.1. The molecule has 12 heavy (non-hydrogen) atoms. The van der Waals surface area contributed by atoms with E-state index in [2.05, 4.69) is 32.6 Å². The van der Waals surface area contributed by atoms with E-state index in [-0.39, 0.29) is 24.8 Å². The van der Waals surface area contributed by atoms with Gasteiger partial charge in [0.05, 0.1) is 0 Å². The molecule has 67 valence electrons. The molecule has 0 aromatic rings. The standard InChI is InChI=1S/C8H11O.2ClH.Ti/c1-7(2)9-8-5-3-4-6-8;;;/h3,5,7H,4H2,1-2H3;2*1H;/q;;;+2/p-2. The van der Waals surface area contributed by atoms with Crippen molar-refractivity contribution in [2.45, 2.75) is 26.4 Å². The summed E-state index contributed by atoms with van der Waals surface area (Å²) in [5.74, 6) is 1.06. The second kappa shape index (κ2) is 7.02. The molecule has 1 nitrogen and oxygen atoms in total. The van der Waals surface area contributed by atoms with Gasteiger partial charge in [0.2, 0.25) is 0 Å². The van der Waals surface area contributed by atoms with Crippen LogP contribution in [0.15, 0.2) is 21.8 Å². The number of hydrogen-bond acceptors (Lipinski definition) is 1. The zero-order chi connectivity index (χ0) is 7.56. The maximum Gasteiger partial charge on any atom is -1.00 e. The van der Waals surface area contributed by atoms with Crippen molar-refractivity contribution < 1.29 is 50.0 Å². The molecular formula is C8H11Cl2OTi. The van der Waals surface area contributed by atoms with Gasteiger partial charge < -0.3 is 24.8 Å². The van der Waals surface area contributed by atoms with Crippen molar-refractivity contribution in [2.75, 3.05) is 0 Å². The van der Waals surface area contributed by atoms with Crippen molar-refractivity contribution in [3.63, 3.8) is 0 Å². The predicted octanol–water partition coefficient (Wildman–Crippen LogP) is -3.86. The molecule has 0 atom stereocenters. The number of halogens is 2. The van der Waals surface area contributed by atoms with Gasteiger partial charge in [-0.3, -0.25) is 0 Å². The smallest absolute Gasteiger partial charge is 1.00 e. The molecule has 0 aromatic heterocycles. The van der Waals surface area contributed by atoms with E-state index in [9.17, 15) is 0 Å². The molecule has 0 heterocycles. The van der Waals surface area contributed by atoms with Crippen molar-refractivity contribution in [2.24, 2.45) is 0 Å². The average Bonchev–Trinajstić information content (AvgIpc) is 2.15. The summed E-state index contributed by atoms with van der Waals surface area (Å²) in [4.78, 5) is 0. The van der Waals surface area contributed by atoms with Crippen LogP contribution in [0, 0.1) is 0 Å². The van der Waals surface area contributed by atoms with Gasteiger partial charge in [-0.2, -0.15) is 0 Å². The van der Waals surface area contributed by atoms with Crippen LogP contribution in [0.1, 0.15) is 20.3 Å². The maximum absolute atomic E-state index is 5.52. The van der Waals surface area contributed by atoms with E-state index in [1.807, 2.05) is 13.8 Å². The minimum atomic E-state index is 0. The first-order chi connectivity index (χ1) is 4.70. The molecule has 0 spiro atoms. The predicted molar refractivity (Wildman–Crippen MR) is 37.0 cm³/mol. The Balaban J connectivity index is 0. The van der Waals surface area contributed by atoms with Gasteiger partial charge in [0.15, 0.2) is 0 Å².